The van der Waals surface area contributed by atoms with Gasteiger partial charge in [-0.1, -0.05) is 6.07 Å². The van der Waals surface area contributed by atoms with Crippen molar-refractivity contribution in [1.82, 2.24) is 15.2 Å². The average molecular weight is 374 g/mol. The molecule has 5 nitrogen and oxygen atoms in total. The lowest BCUT2D eigenvalue weighted by Crippen LogP contribution is -2.52. The van der Waals surface area contributed by atoms with Gasteiger partial charge >= 0.3 is 0 Å². The standard InChI is InChI=1S/C19H24FN5S/c1-21-19(23-14-15-13-16(20)6-7-17(15)26-2)25-11-9-24(10-12-25)18-5-3-4-8-22-18/h3-8,13H,9-12,14H2,1-2H3,(H,21,23). The van der Waals surface area contributed by atoms with E-state index < -0.39 is 0 Å². The molecule has 2 aromatic rings. The van der Waals surface area contributed by atoms with E-state index in [-0.39, 0.29) is 5.82 Å². The van der Waals surface area contributed by atoms with Crippen LogP contribution in [0.2, 0.25) is 0 Å². The summed E-state index contributed by atoms with van der Waals surface area (Å²) in [5.74, 6) is 1.65. The number of halogens is 1. The number of piperazine rings is 1. The van der Waals surface area contributed by atoms with Gasteiger partial charge in [0.25, 0.3) is 0 Å². The first-order chi connectivity index (χ1) is 12.7. The second kappa shape index (κ2) is 8.89. The molecule has 138 valence electrons. The fourth-order valence-corrected chi connectivity index (χ4v) is 3.68. The number of aromatic nitrogens is 1. The first-order valence-electron chi connectivity index (χ1n) is 8.65. The number of nitrogens with one attached hydrogen (secondary N) is 1. The van der Waals surface area contributed by atoms with Crippen molar-refractivity contribution in [2.75, 3.05) is 44.4 Å². The zero-order valence-corrected chi connectivity index (χ0v) is 16.0. The van der Waals surface area contributed by atoms with Crippen molar-refractivity contribution in [2.24, 2.45) is 4.99 Å². The molecular formula is C19H24FN5S. The number of rotatable bonds is 4. The monoisotopic (exact) mass is 373 g/mol. The Morgan fingerprint density at radius 3 is 2.69 bits per heavy atom. The molecule has 0 aliphatic carbocycles. The number of nitrogens with zero attached hydrogens (tertiary/aromatic N) is 4. The van der Waals surface area contributed by atoms with Crippen LogP contribution in [0.5, 0.6) is 0 Å². The molecule has 0 unspecified atom stereocenters. The van der Waals surface area contributed by atoms with Crippen LogP contribution in [-0.4, -0.2) is 55.3 Å². The van der Waals surface area contributed by atoms with E-state index in [1.54, 1.807) is 24.9 Å². The zero-order valence-electron chi connectivity index (χ0n) is 15.2. The molecular weight excluding hydrogens is 349 g/mol. The largest absolute Gasteiger partial charge is 0.353 e. The van der Waals surface area contributed by atoms with Gasteiger partial charge in [-0.05, 0) is 42.2 Å². The summed E-state index contributed by atoms with van der Waals surface area (Å²) in [6.07, 6.45) is 3.83. The van der Waals surface area contributed by atoms with Crippen molar-refractivity contribution in [3.05, 3.63) is 54.0 Å². The van der Waals surface area contributed by atoms with Gasteiger partial charge in [-0.2, -0.15) is 0 Å². The fourth-order valence-electron chi connectivity index (χ4n) is 3.08. The molecule has 7 heteroatoms. The van der Waals surface area contributed by atoms with Gasteiger partial charge in [0, 0.05) is 50.9 Å². The Balaban J connectivity index is 1.58. The van der Waals surface area contributed by atoms with Crippen molar-refractivity contribution in [3.63, 3.8) is 0 Å². The Morgan fingerprint density at radius 2 is 2.04 bits per heavy atom. The SMILES string of the molecule is CN=C(NCc1cc(F)ccc1SC)N1CCN(c2ccccn2)CC1. The normalized spacial score (nSPS) is 15.3. The Hall–Kier alpha value is -2.28. The van der Waals surface area contributed by atoms with Crippen LogP contribution in [0.1, 0.15) is 5.56 Å². The summed E-state index contributed by atoms with van der Waals surface area (Å²) in [4.78, 5) is 14.4. The van der Waals surface area contributed by atoms with Crippen LogP contribution < -0.4 is 10.2 Å². The molecule has 0 amide bonds. The minimum atomic E-state index is -0.210. The van der Waals surface area contributed by atoms with Gasteiger partial charge in [0.1, 0.15) is 11.6 Å². The summed E-state index contributed by atoms with van der Waals surface area (Å²) >= 11 is 1.62. The molecule has 1 saturated heterocycles. The van der Waals surface area contributed by atoms with Crippen molar-refractivity contribution in [2.45, 2.75) is 11.4 Å². The highest BCUT2D eigenvalue weighted by Gasteiger charge is 2.20. The molecule has 26 heavy (non-hydrogen) atoms. The van der Waals surface area contributed by atoms with Crippen molar-refractivity contribution < 1.29 is 4.39 Å². The lowest BCUT2D eigenvalue weighted by Gasteiger charge is -2.37. The number of benzene rings is 1. The Labute approximate surface area is 158 Å². The lowest BCUT2D eigenvalue weighted by molar-refractivity contribution is 0.371. The molecule has 0 atom stereocenters. The number of aliphatic imine (C=N–C) groups is 1. The van der Waals surface area contributed by atoms with E-state index in [1.165, 1.54) is 6.07 Å². The van der Waals surface area contributed by atoms with Crippen LogP contribution in [-0.2, 0) is 6.54 Å². The van der Waals surface area contributed by atoms with Crippen LogP contribution in [0.3, 0.4) is 0 Å². The Bertz CT molecular complexity index is 745. The summed E-state index contributed by atoms with van der Waals surface area (Å²) in [5, 5.41) is 3.37. The summed E-state index contributed by atoms with van der Waals surface area (Å²) in [6.45, 7) is 4.09. The molecule has 0 saturated carbocycles. The number of hydrogen-bond acceptors (Lipinski definition) is 4. The van der Waals surface area contributed by atoms with Crippen molar-refractivity contribution in [1.29, 1.82) is 0 Å². The van der Waals surface area contributed by atoms with Crippen LogP contribution in [0.25, 0.3) is 0 Å². The smallest absolute Gasteiger partial charge is 0.194 e. The van der Waals surface area contributed by atoms with Crippen LogP contribution in [0.15, 0.2) is 52.5 Å². The third-order valence-electron chi connectivity index (χ3n) is 4.44. The summed E-state index contributed by atoms with van der Waals surface area (Å²) in [6, 6.07) is 10.9. The number of pyridine rings is 1. The minimum absolute atomic E-state index is 0.210. The number of anilines is 1. The van der Waals surface area contributed by atoms with Crippen molar-refractivity contribution >= 4 is 23.5 Å². The molecule has 3 rings (SSSR count). The maximum Gasteiger partial charge on any atom is 0.194 e. The number of hydrogen-bond donors (Lipinski definition) is 1. The van der Waals surface area contributed by atoms with Crippen LogP contribution in [0.4, 0.5) is 10.2 Å². The zero-order chi connectivity index (χ0) is 18.4. The van der Waals surface area contributed by atoms with E-state index in [1.807, 2.05) is 36.7 Å². The second-order valence-electron chi connectivity index (χ2n) is 6.02. The van der Waals surface area contributed by atoms with Gasteiger partial charge in [-0.15, -0.1) is 11.8 Å². The maximum absolute atomic E-state index is 13.6. The maximum atomic E-state index is 13.6. The van der Waals surface area contributed by atoms with E-state index in [0.717, 1.165) is 48.4 Å². The highest BCUT2D eigenvalue weighted by atomic mass is 32.2. The number of thioether (sulfide) groups is 1. The molecule has 0 bridgehead atoms. The first-order valence-corrected chi connectivity index (χ1v) is 9.87. The highest BCUT2D eigenvalue weighted by Crippen LogP contribution is 2.21. The Kier molecular flexibility index (Phi) is 6.33. The summed E-state index contributed by atoms with van der Waals surface area (Å²) < 4.78 is 13.6. The fraction of sp³-hybridized carbons (Fsp3) is 0.368. The van der Waals surface area contributed by atoms with Gasteiger partial charge in [0.2, 0.25) is 0 Å². The molecule has 1 N–H and O–H groups in total. The molecule has 0 radical (unpaired) electrons. The van der Waals surface area contributed by atoms with E-state index in [0.29, 0.717) is 6.54 Å². The summed E-state index contributed by atoms with van der Waals surface area (Å²) in [7, 11) is 1.79. The van der Waals surface area contributed by atoms with Crippen LogP contribution in [0, 0.1) is 5.82 Å². The molecule has 1 aliphatic rings. The summed E-state index contributed by atoms with van der Waals surface area (Å²) in [5.41, 5.74) is 0.950. The van der Waals surface area contributed by atoms with Gasteiger partial charge in [-0.3, -0.25) is 4.99 Å². The van der Waals surface area contributed by atoms with Gasteiger partial charge in [-0.25, -0.2) is 9.37 Å². The third kappa shape index (κ3) is 4.46. The van der Waals surface area contributed by atoms with Crippen molar-refractivity contribution in [3.8, 4) is 0 Å². The van der Waals surface area contributed by atoms with E-state index >= 15 is 0 Å². The number of guanidine groups is 1. The van der Waals surface area contributed by atoms with E-state index in [2.05, 4.69) is 25.1 Å². The minimum Gasteiger partial charge on any atom is -0.353 e. The quantitative estimate of drug-likeness (QED) is 0.507. The Morgan fingerprint density at radius 1 is 1.23 bits per heavy atom. The molecule has 1 aromatic heterocycles. The molecule has 1 fully saturated rings. The average Bonchev–Trinajstić information content (AvgIpc) is 2.70. The second-order valence-corrected chi connectivity index (χ2v) is 6.87. The third-order valence-corrected chi connectivity index (χ3v) is 5.28. The molecule has 1 aliphatic heterocycles. The van der Waals surface area contributed by atoms with E-state index in [9.17, 15) is 4.39 Å². The topological polar surface area (TPSA) is 43.8 Å². The predicted octanol–water partition coefficient (Wildman–Crippen LogP) is 2.84. The van der Waals surface area contributed by atoms with Crippen LogP contribution >= 0.6 is 11.8 Å². The predicted molar refractivity (Wildman–Crippen MR) is 106 cm³/mol. The molecule has 2 heterocycles. The van der Waals surface area contributed by atoms with Gasteiger partial charge in [0.05, 0.1) is 0 Å². The lowest BCUT2D eigenvalue weighted by atomic mass is 10.2. The highest BCUT2D eigenvalue weighted by molar-refractivity contribution is 7.98. The van der Waals surface area contributed by atoms with E-state index in [4.69, 9.17) is 0 Å². The van der Waals surface area contributed by atoms with Gasteiger partial charge in [0.15, 0.2) is 5.96 Å². The molecule has 1 aromatic carbocycles. The van der Waals surface area contributed by atoms with Gasteiger partial charge < -0.3 is 15.1 Å². The molecule has 0 spiro atoms. The first kappa shape index (κ1) is 18.5.